The number of hydrogen-bond acceptors (Lipinski definition) is 10. The second-order valence-corrected chi connectivity index (χ2v) is 11.2. The van der Waals surface area contributed by atoms with Crippen molar-refractivity contribution in [2.24, 2.45) is 0 Å². The maximum atomic E-state index is 14.0. The van der Waals surface area contributed by atoms with E-state index < -0.39 is 61.7 Å². The highest BCUT2D eigenvalue weighted by atomic mass is 35.5. The van der Waals surface area contributed by atoms with Gasteiger partial charge in [0.1, 0.15) is 36.2 Å². The highest BCUT2D eigenvalue weighted by Gasteiger charge is 2.55. The van der Waals surface area contributed by atoms with Crippen molar-refractivity contribution in [1.29, 1.82) is 0 Å². The second-order valence-electron chi connectivity index (χ2n) is 9.30. The van der Waals surface area contributed by atoms with Gasteiger partial charge in [0.05, 0.1) is 6.61 Å². The lowest BCUT2D eigenvalue weighted by Gasteiger charge is -2.31. The summed E-state index contributed by atoms with van der Waals surface area (Å²) in [6.45, 7) is 0.589. The smallest absolute Gasteiger partial charge is 0.459 e. The molecule has 1 saturated heterocycles. The van der Waals surface area contributed by atoms with E-state index in [9.17, 15) is 29.2 Å². The molecule has 4 N–H and O–H groups in total. The molecule has 224 valence electrons. The first-order valence-electron chi connectivity index (χ1n) is 12.7. The monoisotopic (exact) mass is 621 g/mol. The molecule has 0 amide bonds. The van der Waals surface area contributed by atoms with Gasteiger partial charge < -0.3 is 29.2 Å². The molecule has 0 aliphatic carbocycles. The summed E-state index contributed by atoms with van der Waals surface area (Å²) in [5.41, 5.74) is -2.04. The van der Waals surface area contributed by atoms with E-state index in [1.807, 2.05) is 6.07 Å². The molecule has 0 saturated carbocycles. The van der Waals surface area contributed by atoms with Crippen LogP contribution in [0, 0.1) is 0 Å². The first-order chi connectivity index (χ1) is 20.1. The summed E-state index contributed by atoms with van der Waals surface area (Å²) in [4.78, 5) is 39.7. The molecule has 2 heterocycles. The number of carbonyl (C=O) groups is 1. The van der Waals surface area contributed by atoms with Crippen LogP contribution in [-0.2, 0) is 30.0 Å². The quantitative estimate of drug-likeness (QED) is 0.172. The van der Waals surface area contributed by atoms with E-state index in [0.717, 1.165) is 29.4 Å². The fourth-order valence-corrected chi connectivity index (χ4v) is 5.89. The number of rotatable bonds is 12. The summed E-state index contributed by atoms with van der Waals surface area (Å²) in [7, 11) is -4.46. The maximum absolute atomic E-state index is 14.0. The molecule has 15 heteroatoms. The molecule has 0 radical (unpaired) electrons. The van der Waals surface area contributed by atoms with Gasteiger partial charge in [-0.1, -0.05) is 60.1 Å². The van der Waals surface area contributed by atoms with Crippen LogP contribution in [0.15, 0.2) is 94.1 Å². The third-order valence-corrected chi connectivity index (χ3v) is 8.05. The number of aromatic amines is 1. The van der Waals surface area contributed by atoms with Gasteiger partial charge in [-0.3, -0.25) is 14.1 Å². The van der Waals surface area contributed by atoms with Crippen LogP contribution in [0.2, 0.25) is 0 Å². The number of aliphatic hydroxyl groups excluding tert-OH is 2. The van der Waals surface area contributed by atoms with Crippen LogP contribution in [0.3, 0.4) is 0 Å². The van der Waals surface area contributed by atoms with Gasteiger partial charge >= 0.3 is 19.4 Å². The van der Waals surface area contributed by atoms with Crippen molar-refractivity contribution in [3.8, 4) is 5.75 Å². The topological polar surface area (TPSA) is 178 Å². The van der Waals surface area contributed by atoms with Gasteiger partial charge in [-0.05, 0) is 30.7 Å². The zero-order chi connectivity index (χ0) is 30.3. The lowest BCUT2D eigenvalue weighted by atomic mass is 9.96. The van der Waals surface area contributed by atoms with Crippen LogP contribution < -0.4 is 20.9 Å². The fourth-order valence-electron chi connectivity index (χ4n) is 4.14. The maximum Gasteiger partial charge on any atom is 0.459 e. The Hall–Kier alpha value is -3.55. The molecule has 0 bridgehead atoms. The Bertz CT molecular complexity index is 1520. The number of esters is 1. The molecule has 4 rings (SSSR count). The molecule has 1 fully saturated rings. The number of hydrogen-bond donors (Lipinski definition) is 4. The number of carbonyl (C=O) groups excluding carboxylic acids is 1. The minimum atomic E-state index is -4.46. The summed E-state index contributed by atoms with van der Waals surface area (Å²) >= 11 is 5.81. The molecular formula is C27H29ClN3O10P. The first-order valence-corrected chi connectivity index (χ1v) is 14.6. The molecule has 1 aliphatic rings. The average Bonchev–Trinajstić information content (AvgIpc) is 3.21. The first kappa shape index (κ1) is 31.4. The molecule has 6 atom stereocenters. The predicted molar refractivity (Wildman–Crippen MR) is 151 cm³/mol. The van der Waals surface area contributed by atoms with Crippen LogP contribution in [-0.4, -0.2) is 56.2 Å². The number of para-hydroxylation sites is 1. The van der Waals surface area contributed by atoms with Crippen molar-refractivity contribution in [3.05, 3.63) is 111 Å². The van der Waals surface area contributed by atoms with Crippen LogP contribution >= 0.6 is 19.3 Å². The van der Waals surface area contributed by atoms with Crippen molar-refractivity contribution < 1.29 is 38.1 Å². The molecule has 2 unspecified atom stereocenters. The number of aliphatic hydroxyl groups is 2. The summed E-state index contributed by atoms with van der Waals surface area (Å²) in [5, 5.41) is 24.2. The van der Waals surface area contributed by atoms with E-state index in [2.05, 4.69) is 10.1 Å². The zero-order valence-corrected chi connectivity index (χ0v) is 23.9. The van der Waals surface area contributed by atoms with Crippen molar-refractivity contribution in [3.63, 3.8) is 0 Å². The van der Waals surface area contributed by atoms with E-state index in [-0.39, 0.29) is 12.4 Å². The zero-order valence-electron chi connectivity index (χ0n) is 22.2. The molecule has 1 aliphatic heterocycles. The van der Waals surface area contributed by atoms with E-state index in [1.165, 1.54) is 19.1 Å². The third-order valence-electron chi connectivity index (χ3n) is 6.30. The Balaban J connectivity index is 1.56. The lowest BCUT2D eigenvalue weighted by molar-refractivity contribution is -0.146. The van der Waals surface area contributed by atoms with Crippen LogP contribution in [0.5, 0.6) is 5.75 Å². The van der Waals surface area contributed by atoms with Gasteiger partial charge in [0.15, 0.2) is 6.23 Å². The van der Waals surface area contributed by atoms with E-state index in [1.54, 1.807) is 42.5 Å². The van der Waals surface area contributed by atoms with Gasteiger partial charge in [0.25, 0.3) is 5.56 Å². The standard InChI is InChI=1S/C27H29ClN3O10P/c1-18(25(35)38-16-19-8-4-2-5-9-19)30-42(37,41-20-10-6-3-7-11-20)39-17-27(13-14-28)23(34)22(33)24(40-27)31-21(32)12-15-29-26(31)36/h2-15,18,22-24,33-34H,16-17H2,1H3,(H,29,36)(H,30,37)/t18?,22-,23+,24-,27-,42?/m1/s1. The Morgan fingerprint density at radius 1 is 1.17 bits per heavy atom. The van der Waals surface area contributed by atoms with E-state index >= 15 is 0 Å². The Kier molecular flexibility index (Phi) is 10.2. The van der Waals surface area contributed by atoms with E-state index in [0.29, 0.717) is 4.57 Å². The minimum absolute atomic E-state index is 0.0304. The number of halogens is 1. The number of nitrogens with one attached hydrogen (secondary N) is 2. The molecular weight excluding hydrogens is 593 g/mol. The fraction of sp³-hybridized carbons (Fsp3) is 0.296. The molecule has 1 aromatic heterocycles. The molecule has 42 heavy (non-hydrogen) atoms. The van der Waals surface area contributed by atoms with Gasteiger partial charge in [-0.15, -0.1) is 0 Å². The lowest BCUT2D eigenvalue weighted by Crippen LogP contribution is -2.46. The molecule has 2 aromatic carbocycles. The largest absolute Gasteiger partial charge is 0.460 e. The Labute approximate surface area is 244 Å². The van der Waals surface area contributed by atoms with Gasteiger partial charge in [0.2, 0.25) is 0 Å². The van der Waals surface area contributed by atoms with Crippen molar-refractivity contribution >= 4 is 25.3 Å². The van der Waals surface area contributed by atoms with Crippen molar-refractivity contribution in [2.75, 3.05) is 6.61 Å². The second kappa shape index (κ2) is 13.6. The summed E-state index contributed by atoms with van der Waals surface area (Å²) in [6.07, 6.45) is -3.07. The van der Waals surface area contributed by atoms with Crippen molar-refractivity contribution in [2.45, 2.75) is 43.6 Å². The van der Waals surface area contributed by atoms with Crippen LogP contribution in [0.1, 0.15) is 18.7 Å². The van der Waals surface area contributed by atoms with E-state index in [4.69, 9.17) is 30.1 Å². The summed E-state index contributed by atoms with van der Waals surface area (Å²) < 4.78 is 37.0. The number of benzene rings is 2. The Morgan fingerprint density at radius 3 is 2.48 bits per heavy atom. The average molecular weight is 622 g/mol. The predicted octanol–water partition coefficient (Wildman–Crippen LogP) is 2.20. The third kappa shape index (κ3) is 7.26. The molecule has 0 spiro atoms. The minimum Gasteiger partial charge on any atom is -0.460 e. The number of H-pyrrole nitrogens is 1. The van der Waals surface area contributed by atoms with Crippen LogP contribution in [0.4, 0.5) is 0 Å². The van der Waals surface area contributed by atoms with Crippen LogP contribution in [0.25, 0.3) is 0 Å². The number of nitrogens with zero attached hydrogens (tertiary/aromatic N) is 1. The van der Waals surface area contributed by atoms with Gasteiger partial charge in [0, 0.05) is 17.8 Å². The Morgan fingerprint density at radius 2 is 1.83 bits per heavy atom. The highest BCUT2D eigenvalue weighted by molar-refractivity contribution is 7.52. The van der Waals surface area contributed by atoms with Gasteiger partial charge in [-0.25, -0.2) is 13.9 Å². The highest BCUT2D eigenvalue weighted by Crippen LogP contribution is 2.48. The number of ether oxygens (including phenoxy) is 2. The SMILES string of the molecule is CC(NP(=O)(OC[C@@]1(C=CCl)O[C@@H](n2c(=O)cc[nH]c2=O)[C@H](O)[C@@H]1O)Oc1ccccc1)C(=O)OCc1ccccc1. The van der Waals surface area contributed by atoms with Crippen molar-refractivity contribution in [1.82, 2.24) is 14.6 Å². The van der Waals surface area contributed by atoms with Gasteiger partial charge in [-0.2, -0.15) is 5.09 Å². The molecule has 13 nitrogen and oxygen atoms in total. The summed E-state index contributed by atoms with van der Waals surface area (Å²) in [6, 6.07) is 16.7. The normalized spacial score (nSPS) is 24.2. The molecule has 3 aromatic rings. The number of aromatic nitrogens is 2. The summed E-state index contributed by atoms with van der Waals surface area (Å²) in [5.74, 6) is -0.640.